The van der Waals surface area contributed by atoms with Gasteiger partial charge in [-0.2, -0.15) is 0 Å². The minimum absolute atomic E-state index is 0. The van der Waals surface area contributed by atoms with Gasteiger partial charge in [-0.3, -0.25) is 0 Å². The fourth-order valence-corrected chi connectivity index (χ4v) is 1.04. The van der Waals surface area contributed by atoms with Crippen molar-refractivity contribution in [2.24, 2.45) is 0 Å². The first-order valence-corrected chi connectivity index (χ1v) is 4.28. The third-order valence-electron chi connectivity index (χ3n) is 1.70. The Bertz CT molecular complexity index is 330. The first-order chi connectivity index (χ1) is 6.65. The van der Waals surface area contributed by atoms with Crippen molar-refractivity contribution in [2.75, 3.05) is 6.61 Å². The van der Waals surface area contributed by atoms with Crippen LogP contribution in [0.3, 0.4) is 0 Å². The zero-order chi connectivity index (χ0) is 10.6. The summed E-state index contributed by atoms with van der Waals surface area (Å²) in [4.78, 5) is 11.2. The minimum atomic E-state index is -1.57. The molecule has 0 fully saturated rings. The van der Waals surface area contributed by atoms with Crippen LogP contribution in [0.4, 0.5) is 0 Å². The van der Waals surface area contributed by atoms with Gasteiger partial charge >= 0.3 is 13.1 Å². The van der Waals surface area contributed by atoms with Crippen LogP contribution in [0.1, 0.15) is 17.3 Å². The normalized spacial score (nSPS) is 9.00. The topological polar surface area (TPSA) is 66.8 Å². The van der Waals surface area contributed by atoms with Crippen LogP contribution in [0.25, 0.3) is 0 Å². The Hall–Kier alpha value is -0.663. The van der Waals surface area contributed by atoms with Gasteiger partial charge in [0.05, 0.1) is 12.2 Å². The molecular weight excluding hydrogens is 369 g/mol. The third-order valence-corrected chi connectivity index (χ3v) is 1.70. The summed E-state index contributed by atoms with van der Waals surface area (Å²) in [7, 11) is -1.57. The van der Waals surface area contributed by atoms with Crippen LogP contribution in [0.2, 0.25) is 0 Å². The molecular formula is C9H11BO4Re. The van der Waals surface area contributed by atoms with Gasteiger partial charge in [0, 0.05) is 20.4 Å². The monoisotopic (exact) mass is 381 g/mol. The SMILES string of the molecule is CCOC(=O)c1cccc(B(O)O)c1.[Re]. The van der Waals surface area contributed by atoms with E-state index >= 15 is 0 Å². The van der Waals surface area contributed by atoms with Crippen molar-refractivity contribution >= 4 is 18.6 Å². The molecule has 0 saturated carbocycles. The van der Waals surface area contributed by atoms with E-state index in [2.05, 4.69) is 0 Å². The number of carbonyl (C=O) groups is 1. The predicted molar refractivity (Wildman–Crippen MR) is 52.2 cm³/mol. The number of esters is 1. The number of ether oxygens (including phenoxy) is 1. The molecule has 0 saturated heterocycles. The van der Waals surface area contributed by atoms with Gasteiger partial charge in [0.25, 0.3) is 0 Å². The van der Waals surface area contributed by atoms with Crippen LogP contribution in [-0.4, -0.2) is 29.7 Å². The van der Waals surface area contributed by atoms with E-state index in [4.69, 9.17) is 14.8 Å². The second kappa shape index (κ2) is 6.75. The zero-order valence-electron chi connectivity index (χ0n) is 8.18. The molecule has 4 nitrogen and oxygen atoms in total. The van der Waals surface area contributed by atoms with Crippen molar-refractivity contribution in [3.8, 4) is 0 Å². The number of carbonyl (C=O) groups excluding carboxylic acids is 1. The Morgan fingerprint density at radius 2 is 2.13 bits per heavy atom. The second-order valence-corrected chi connectivity index (χ2v) is 2.72. The van der Waals surface area contributed by atoms with Crippen molar-refractivity contribution in [1.82, 2.24) is 0 Å². The largest absolute Gasteiger partial charge is 0.488 e. The quantitative estimate of drug-likeness (QED) is 0.551. The van der Waals surface area contributed by atoms with E-state index in [0.29, 0.717) is 12.2 Å². The van der Waals surface area contributed by atoms with Crippen molar-refractivity contribution in [2.45, 2.75) is 6.92 Å². The summed E-state index contributed by atoms with van der Waals surface area (Å²) in [6.07, 6.45) is 0. The molecule has 1 aromatic carbocycles. The van der Waals surface area contributed by atoms with Gasteiger partial charge in [-0.15, -0.1) is 0 Å². The van der Waals surface area contributed by atoms with E-state index in [1.54, 1.807) is 19.1 Å². The zero-order valence-corrected chi connectivity index (χ0v) is 10.9. The molecule has 1 rings (SSSR count). The molecule has 0 spiro atoms. The molecule has 1 aromatic rings. The molecule has 81 valence electrons. The molecule has 0 unspecified atom stereocenters. The van der Waals surface area contributed by atoms with Crippen LogP contribution in [0, 0.1) is 0 Å². The third kappa shape index (κ3) is 4.14. The van der Waals surface area contributed by atoms with Crippen LogP contribution in [0.5, 0.6) is 0 Å². The van der Waals surface area contributed by atoms with Gasteiger partial charge in [0.2, 0.25) is 0 Å². The summed E-state index contributed by atoms with van der Waals surface area (Å²) in [5.41, 5.74) is 0.591. The summed E-state index contributed by atoms with van der Waals surface area (Å²) in [5.74, 6) is -0.463. The van der Waals surface area contributed by atoms with Crippen molar-refractivity contribution in [1.29, 1.82) is 0 Å². The molecule has 0 amide bonds. The average molecular weight is 380 g/mol. The molecule has 0 aromatic heterocycles. The smallest absolute Gasteiger partial charge is 0.462 e. The van der Waals surface area contributed by atoms with Gasteiger partial charge in [0.15, 0.2) is 0 Å². The maximum Gasteiger partial charge on any atom is 0.488 e. The summed E-state index contributed by atoms with van der Waals surface area (Å²) in [5, 5.41) is 17.7. The Morgan fingerprint density at radius 3 is 2.67 bits per heavy atom. The summed E-state index contributed by atoms with van der Waals surface area (Å²) in [6.45, 7) is 2.01. The van der Waals surface area contributed by atoms with E-state index in [0.717, 1.165) is 0 Å². The van der Waals surface area contributed by atoms with E-state index in [9.17, 15) is 4.79 Å². The molecule has 15 heavy (non-hydrogen) atoms. The Morgan fingerprint density at radius 1 is 1.47 bits per heavy atom. The van der Waals surface area contributed by atoms with Gasteiger partial charge in [-0.05, 0) is 24.5 Å². The maximum absolute atomic E-state index is 11.2. The van der Waals surface area contributed by atoms with Gasteiger partial charge in [0.1, 0.15) is 0 Å². The minimum Gasteiger partial charge on any atom is -0.462 e. The fourth-order valence-electron chi connectivity index (χ4n) is 1.04. The first-order valence-electron chi connectivity index (χ1n) is 4.28. The van der Waals surface area contributed by atoms with E-state index in [1.807, 2.05) is 0 Å². The molecule has 0 atom stereocenters. The maximum atomic E-state index is 11.2. The summed E-state index contributed by atoms with van der Waals surface area (Å²) < 4.78 is 4.76. The van der Waals surface area contributed by atoms with Crippen molar-refractivity contribution in [3.05, 3.63) is 29.8 Å². The van der Waals surface area contributed by atoms with Crippen molar-refractivity contribution < 1.29 is 40.0 Å². The number of hydrogen-bond donors (Lipinski definition) is 2. The Kier molecular flexibility index (Phi) is 6.46. The van der Waals surface area contributed by atoms with Crippen LogP contribution in [0.15, 0.2) is 24.3 Å². The average Bonchev–Trinajstić information content (AvgIpc) is 2.18. The first kappa shape index (κ1) is 14.3. The molecule has 0 heterocycles. The second-order valence-electron chi connectivity index (χ2n) is 2.72. The number of hydrogen-bond acceptors (Lipinski definition) is 4. The van der Waals surface area contributed by atoms with Gasteiger partial charge < -0.3 is 14.8 Å². The molecule has 0 aliphatic heterocycles. The van der Waals surface area contributed by atoms with E-state index in [1.165, 1.54) is 12.1 Å². The molecule has 0 bridgehead atoms. The molecule has 2 N–H and O–H groups in total. The molecule has 6 heteroatoms. The van der Waals surface area contributed by atoms with Crippen LogP contribution in [-0.2, 0) is 25.2 Å². The number of benzene rings is 1. The van der Waals surface area contributed by atoms with Crippen molar-refractivity contribution in [3.63, 3.8) is 0 Å². The van der Waals surface area contributed by atoms with E-state index in [-0.39, 0.29) is 25.9 Å². The van der Waals surface area contributed by atoms with Gasteiger partial charge in [-0.25, -0.2) is 4.79 Å². The van der Waals surface area contributed by atoms with E-state index < -0.39 is 13.1 Å². The standard InChI is InChI=1S/C9H11BO4.Re/c1-2-14-9(11)7-4-3-5-8(6-7)10(12)13;/h3-6,12-13H,2H2,1H3;. The summed E-state index contributed by atoms with van der Waals surface area (Å²) in [6, 6.07) is 6.04. The number of rotatable bonds is 3. The molecule has 0 aliphatic rings. The fraction of sp³-hybridized carbons (Fsp3) is 0.222. The summed E-state index contributed by atoms with van der Waals surface area (Å²) >= 11 is 0. The van der Waals surface area contributed by atoms with Crippen LogP contribution < -0.4 is 5.46 Å². The molecule has 0 aliphatic carbocycles. The Balaban J connectivity index is 0.00000196. The van der Waals surface area contributed by atoms with Crippen LogP contribution >= 0.6 is 0 Å². The predicted octanol–water partition coefficient (Wildman–Crippen LogP) is -0.459. The molecule has 1 radical (unpaired) electrons. The van der Waals surface area contributed by atoms with Gasteiger partial charge in [-0.1, -0.05) is 12.1 Å². The Labute approximate surface area is 102 Å².